The maximum absolute atomic E-state index is 6.96. The van der Waals surface area contributed by atoms with Gasteiger partial charge in [0.1, 0.15) is 5.58 Å². The molecule has 0 unspecified atom stereocenters. The lowest BCUT2D eigenvalue weighted by atomic mass is 10.0. The Hall–Kier alpha value is -8.41. The molecule has 62 heavy (non-hydrogen) atoms. The molecule has 0 saturated carbocycles. The van der Waals surface area contributed by atoms with Gasteiger partial charge in [-0.1, -0.05) is 188 Å². The van der Waals surface area contributed by atoms with Crippen LogP contribution in [0.5, 0.6) is 0 Å². The minimum absolute atomic E-state index is 0.578. The van der Waals surface area contributed by atoms with Gasteiger partial charge in [0.25, 0.3) is 0 Å². The number of hydrogen-bond donors (Lipinski definition) is 0. The van der Waals surface area contributed by atoms with Crippen molar-refractivity contribution in [1.82, 2.24) is 19.5 Å². The van der Waals surface area contributed by atoms with E-state index in [-0.39, 0.29) is 0 Å². The highest BCUT2D eigenvalue weighted by Crippen LogP contribution is 2.43. The summed E-state index contributed by atoms with van der Waals surface area (Å²) < 4.78 is 9.30. The van der Waals surface area contributed by atoms with Crippen LogP contribution in [0.15, 0.2) is 223 Å². The Morgan fingerprint density at radius 3 is 1.34 bits per heavy atom. The highest BCUT2D eigenvalue weighted by atomic mass is 16.3. The summed E-state index contributed by atoms with van der Waals surface area (Å²) in [6.45, 7) is 0. The van der Waals surface area contributed by atoms with Gasteiger partial charge in [0, 0.05) is 43.9 Å². The van der Waals surface area contributed by atoms with E-state index in [2.05, 4.69) is 193 Å². The second-order valence-corrected chi connectivity index (χ2v) is 15.6. The van der Waals surface area contributed by atoms with E-state index in [0.29, 0.717) is 17.5 Å². The zero-order chi connectivity index (χ0) is 41.0. The minimum atomic E-state index is 0.578. The molecule has 5 heteroatoms. The van der Waals surface area contributed by atoms with E-state index in [9.17, 15) is 0 Å². The molecule has 5 nitrogen and oxygen atoms in total. The van der Waals surface area contributed by atoms with E-state index < -0.39 is 0 Å². The Balaban J connectivity index is 1.04. The third-order valence-electron chi connectivity index (χ3n) is 11.9. The van der Waals surface area contributed by atoms with Gasteiger partial charge in [0.05, 0.1) is 11.0 Å². The van der Waals surface area contributed by atoms with Gasteiger partial charge < -0.3 is 8.98 Å². The molecule has 0 amide bonds. The smallest absolute Gasteiger partial charge is 0.164 e. The van der Waals surface area contributed by atoms with Crippen molar-refractivity contribution >= 4 is 43.7 Å². The molecule has 3 aromatic heterocycles. The summed E-state index contributed by atoms with van der Waals surface area (Å²) in [5.74, 6) is 1.78. The molecular weight excluding hydrogens is 757 g/mol. The van der Waals surface area contributed by atoms with Crippen LogP contribution in [0, 0.1) is 0 Å². The SMILES string of the molecule is c1ccc(-c2ccc(-c3nc(-c4ccc(-c5ccccc5)cc4)nc(-c4cccc5oc6c(ccc7c8ccccc8n(-c8ccc(-c9ccccc9)cc8)c76)c45)n3)cc2)cc1. The highest BCUT2D eigenvalue weighted by molar-refractivity contribution is 6.23. The number of para-hydroxylation sites is 1. The first-order chi connectivity index (χ1) is 30.7. The molecule has 0 aliphatic carbocycles. The zero-order valence-electron chi connectivity index (χ0n) is 33.5. The largest absolute Gasteiger partial charge is 0.454 e. The Kier molecular flexibility index (Phi) is 8.42. The van der Waals surface area contributed by atoms with E-state index in [1.807, 2.05) is 30.3 Å². The Labute approximate surface area is 357 Å². The summed E-state index contributed by atoms with van der Waals surface area (Å²) in [7, 11) is 0. The lowest BCUT2D eigenvalue weighted by molar-refractivity contribution is 0.671. The van der Waals surface area contributed by atoms with E-state index in [1.54, 1.807) is 0 Å². The van der Waals surface area contributed by atoms with Crippen molar-refractivity contribution < 1.29 is 4.42 Å². The summed E-state index contributed by atoms with van der Waals surface area (Å²) >= 11 is 0. The Morgan fingerprint density at radius 1 is 0.323 bits per heavy atom. The molecule has 0 aliphatic heterocycles. The molecular formula is C57H36N4O. The topological polar surface area (TPSA) is 56.7 Å². The Morgan fingerprint density at radius 2 is 0.774 bits per heavy atom. The molecule has 0 aliphatic rings. The van der Waals surface area contributed by atoms with Gasteiger partial charge in [-0.25, -0.2) is 15.0 Å². The molecule has 0 N–H and O–H groups in total. The first kappa shape index (κ1) is 35.5. The summed E-state index contributed by atoms with van der Waals surface area (Å²) in [5, 5.41) is 4.25. The fourth-order valence-corrected chi connectivity index (χ4v) is 8.86. The molecule has 0 saturated heterocycles. The summed E-state index contributed by atoms with van der Waals surface area (Å²) in [4.78, 5) is 15.6. The van der Waals surface area contributed by atoms with Crippen LogP contribution in [-0.4, -0.2) is 19.5 Å². The normalized spacial score (nSPS) is 11.5. The monoisotopic (exact) mass is 792 g/mol. The average Bonchev–Trinajstić information content (AvgIpc) is 3.91. The lowest BCUT2D eigenvalue weighted by Gasteiger charge is -2.10. The van der Waals surface area contributed by atoms with Crippen LogP contribution in [0.4, 0.5) is 0 Å². The lowest BCUT2D eigenvalue weighted by Crippen LogP contribution is -2.00. The number of furan rings is 1. The molecule has 0 atom stereocenters. The zero-order valence-corrected chi connectivity index (χ0v) is 33.5. The van der Waals surface area contributed by atoms with Crippen LogP contribution in [0.1, 0.15) is 0 Å². The predicted octanol–water partition coefficient (Wildman–Crippen LogP) is 14.9. The van der Waals surface area contributed by atoms with Gasteiger partial charge in [0.15, 0.2) is 23.1 Å². The highest BCUT2D eigenvalue weighted by Gasteiger charge is 2.22. The number of fused-ring (bicyclic) bond motifs is 7. The van der Waals surface area contributed by atoms with Gasteiger partial charge in [-0.15, -0.1) is 0 Å². The molecule has 3 heterocycles. The number of benzene rings is 9. The maximum atomic E-state index is 6.96. The molecule has 9 aromatic carbocycles. The molecule has 12 rings (SSSR count). The van der Waals surface area contributed by atoms with E-state index in [1.165, 1.54) is 16.5 Å². The summed E-state index contributed by atoms with van der Waals surface area (Å²) in [6.07, 6.45) is 0. The quantitative estimate of drug-likeness (QED) is 0.161. The number of rotatable bonds is 7. The van der Waals surface area contributed by atoms with Gasteiger partial charge in [0.2, 0.25) is 0 Å². The van der Waals surface area contributed by atoms with Crippen LogP contribution in [0.2, 0.25) is 0 Å². The fraction of sp³-hybridized carbons (Fsp3) is 0. The van der Waals surface area contributed by atoms with Crippen molar-refractivity contribution in [2.75, 3.05) is 0 Å². The van der Waals surface area contributed by atoms with Crippen molar-refractivity contribution in [3.63, 3.8) is 0 Å². The molecule has 0 fully saturated rings. The number of aromatic nitrogens is 4. The van der Waals surface area contributed by atoms with Crippen LogP contribution in [0.3, 0.4) is 0 Å². The summed E-state index contributed by atoms with van der Waals surface area (Å²) in [6, 6.07) is 76.2. The maximum Gasteiger partial charge on any atom is 0.164 e. The second-order valence-electron chi connectivity index (χ2n) is 15.6. The van der Waals surface area contributed by atoms with Crippen LogP contribution in [0.25, 0.3) is 117 Å². The van der Waals surface area contributed by atoms with Crippen molar-refractivity contribution in [3.05, 3.63) is 218 Å². The van der Waals surface area contributed by atoms with Crippen molar-refractivity contribution in [2.45, 2.75) is 0 Å². The third-order valence-corrected chi connectivity index (χ3v) is 11.9. The predicted molar refractivity (Wildman–Crippen MR) is 254 cm³/mol. The molecule has 0 bridgehead atoms. The second kappa shape index (κ2) is 14.7. The molecule has 12 aromatic rings. The van der Waals surface area contributed by atoms with Gasteiger partial charge in [-0.3, -0.25) is 0 Å². The van der Waals surface area contributed by atoms with E-state index in [0.717, 1.165) is 83.0 Å². The number of nitrogens with zero attached hydrogens (tertiary/aromatic N) is 4. The fourth-order valence-electron chi connectivity index (χ4n) is 8.86. The first-order valence-corrected chi connectivity index (χ1v) is 20.8. The standard InChI is InChI=1S/C57H36N4O/c1-4-13-37(14-5-1)40-23-27-43(28-24-40)55-58-56(44-29-25-41(26-30-44)38-15-6-2-7-16-38)60-57(59-55)49-20-12-22-51-52(49)48-36-35-47-46-19-10-11-21-50(46)61(53(47)54(48)62-51)45-33-31-42(32-34-45)39-17-8-3-9-18-39/h1-36H. The van der Waals surface area contributed by atoms with Crippen LogP contribution < -0.4 is 0 Å². The average molecular weight is 793 g/mol. The third kappa shape index (κ3) is 6.06. The van der Waals surface area contributed by atoms with Gasteiger partial charge in [-0.2, -0.15) is 0 Å². The van der Waals surface area contributed by atoms with Gasteiger partial charge in [-0.05, 0) is 63.7 Å². The molecule has 0 radical (unpaired) electrons. The first-order valence-electron chi connectivity index (χ1n) is 20.8. The van der Waals surface area contributed by atoms with Crippen molar-refractivity contribution in [2.24, 2.45) is 0 Å². The Bertz CT molecular complexity index is 3480. The molecule has 290 valence electrons. The van der Waals surface area contributed by atoms with E-state index in [4.69, 9.17) is 19.4 Å². The number of hydrogen-bond acceptors (Lipinski definition) is 4. The van der Waals surface area contributed by atoms with E-state index >= 15 is 0 Å². The van der Waals surface area contributed by atoms with Gasteiger partial charge >= 0.3 is 0 Å². The van der Waals surface area contributed by atoms with Crippen molar-refractivity contribution in [3.8, 4) is 73.2 Å². The molecule has 0 spiro atoms. The van der Waals surface area contributed by atoms with Crippen LogP contribution in [-0.2, 0) is 0 Å². The minimum Gasteiger partial charge on any atom is -0.454 e. The summed E-state index contributed by atoms with van der Waals surface area (Å²) in [5.41, 5.74) is 14.4. The van der Waals surface area contributed by atoms with Crippen LogP contribution >= 0.6 is 0 Å². The van der Waals surface area contributed by atoms with Crippen molar-refractivity contribution in [1.29, 1.82) is 0 Å².